The van der Waals surface area contributed by atoms with Gasteiger partial charge in [0, 0.05) is 0 Å². The maximum Gasteiger partial charge on any atom is 0.178 e. The van der Waals surface area contributed by atoms with Crippen LogP contribution in [0.25, 0.3) is 0 Å². The first-order chi connectivity index (χ1) is 11.0. The van der Waals surface area contributed by atoms with E-state index in [-0.39, 0.29) is 23.2 Å². The van der Waals surface area contributed by atoms with Gasteiger partial charge in [-0.2, -0.15) is 0 Å². The van der Waals surface area contributed by atoms with Crippen LogP contribution >= 0.6 is 0 Å². The molecule has 1 aromatic rings. The lowest BCUT2D eigenvalue weighted by Crippen LogP contribution is -2.21. The minimum atomic E-state index is -0.324. The van der Waals surface area contributed by atoms with Crippen molar-refractivity contribution in [3.63, 3.8) is 0 Å². The molecule has 0 aliphatic heterocycles. The summed E-state index contributed by atoms with van der Waals surface area (Å²) in [7, 11) is 0. The quantitative estimate of drug-likeness (QED) is 0.827. The lowest BCUT2D eigenvalue weighted by Gasteiger charge is -2.25. The van der Waals surface area contributed by atoms with Crippen LogP contribution in [0, 0.1) is 0 Å². The molecule has 1 unspecified atom stereocenters. The van der Waals surface area contributed by atoms with Crippen LogP contribution in [0.3, 0.4) is 0 Å². The number of phenolic OH excluding ortho intramolecular Hbond substituents is 1. The minimum Gasteiger partial charge on any atom is -0.508 e. The lowest BCUT2D eigenvalue weighted by atomic mass is 9.77. The fraction of sp³-hybridized carbons (Fsp3) is 0.300. The van der Waals surface area contributed by atoms with Gasteiger partial charge in [-0.25, -0.2) is 0 Å². The van der Waals surface area contributed by atoms with Crippen molar-refractivity contribution in [1.29, 1.82) is 0 Å². The van der Waals surface area contributed by atoms with E-state index in [4.69, 9.17) is 0 Å². The van der Waals surface area contributed by atoms with Gasteiger partial charge in [0.2, 0.25) is 0 Å². The highest BCUT2D eigenvalue weighted by Crippen LogP contribution is 2.36. The summed E-state index contributed by atoms with van der Waals surface area (Å²) in [4.78, 5) is 24.3. The molecule has 120 valence electrons. The van der Waals surface area contributed by atoms with E-state index >= 15 is 0 Å². The highest BCUT2D eigenvalue weighted by molar-refractivity contribution is 6.03. The third-order valence-corrected chi connectivity index (χ3v) is 3.95. The molecule has 0 saturated heterocycles. The fourth-order valence-electron chi connectivity index (χ4n) is 2.74. The Morgan fingerprint density at radius 2 is 2.04 bits per heavy atom. The van der Waals surface area contributed by atoms with Gasteiger partial charge in [0.05, 0.1) is 5.92 Å². The summed E-state index contributed by atoms with van der Waals surface area (Å²) < 4.78 is 0. The zero-order valence-corrected chi connectivity index (χ0v) is 13.4. The van der Waals surface area contributed by atoms with Crippen LogP contribution < -0.4 is 0 Å². The lowest BCUT2D eigenvalue weighted by molar-refractivity contribution is -0.117. The Hall–Kier alpha value is -2.42. The van der Waals surface area contributed by atoms with Crippen LogP contribution in [-0.4, -0.2) is 16.7 Å². The van der Waals surface area contributed by atoms with E-state index in [0.717, 1.165) is 24.0 Å². The first kappa shape index (κ1) is 16.9. The molecule has 2 rings (SSSR count). The Morgan fingerprint density at radius 3 is 2.70 bits per heavy atom. The molecule has 0 aromatic heterocycles. The first-order valence-corrected chi connectivity index (χ1v) is 7.92. The maximum atomic E-state index is 12.4. The van der Waals surface area contributed by atoms with E-state index < -0.39 is 0 Å². The van der Waals surface area contributed by atoms with Crippen molar-refractivity contribution in [1.82, 2.24) is 0 Å². The molecule has 1 aliphatic rings. The molecule has 1 atom stereocenters. The highest BCUT2D eigenvalue weighted by atomic mass is 16.3. The molecule has 1 N–H and O–H groups in total. The Kier molecular flexibility index (Phi) is 5.69. The molecule has 1 fully saturated rings. The van der Waals surface area contributed by atoms with Gasteiger partial charge < -0.3 is 5.11 Å². The Balaban J connectivity index is 2.18. The van der Waals surface area contributed by atoms with Crippen LogP contribution in [0.2, 0.25) is 0 Å². The number of unbranched alkanes of at least 4 members (excludes halogenated alkanes) is 1. The number of aromatic hydroxyl groups is 1. The number of hydrogen-bond acceptors (Lipinski definition) is 3. The van der Waals surface area contributed by atoms with Crippen molar-refractivity contribution >= 4 is 11.6 Å². The SMILES string of the molecule is C=C1C/C(=C\C(=O)/C=C\CCC)CC(c2ccc(O)cc2)C1=O. The van der Waals surface area contributed by atoms with E-state index in [9.17, 15) is 14.7 Å². The molecule has 0 bridgehead atoms. The monoisotopic (exact) mass is 310 g/mol. The summed E-state index contributed by atoms with van der Waals surface area (Å²) in [5.41, 5.74) is 2.30. The minimum absolute atomic E-state index is 0.0156. The summed E-state index contributed by atoms with van der Waals surface area (Å²) >= 11 is 0. The number of carbonyl (C=O) groups is 2. The van der Waals surface area contributed by atoms with Crippen molar-refractivity contribution in [2.45, 2.75) is 38.5 Å². The smallest absolute Gasteiger partial charge is 0.178 e. The van der Waals surface area contributed by atoms with Crippen molar-refractivity contribution in [3.8, 4) is 5.75 Å². The van der Waals surface area contributed by atoms with Gasteiger partial charge >= 0.3 is 0 Å². The number of rotatable bonds is 5. The Bertz CT molecular complexity index is 663. The molecule has 0 spiro atoms. The van der Waals surface area contributed by atoms with Gasteiger partial charge in [-0.1, -0.05) is 43.7 Å². The summed E-state index contributed by atoms with van der Waals surface area (Å²) in [5.74, 6) is -0.180. The molecule has 1 aromatic carbocycles. The summed E-state index contributed by atoms with van der Waals surface area (Å²) in [6.07, 6.45) is 7.96. The molecule has 0 amide bonds. The zero-order chi connectivity index (χ0) is 16.8. The third kappa shape index (κ3) is 4.52. The maximum absolute atomic E-state index is 12.4. The molecular formula is C20H22O3. The Morgan fingerprint density at radius 1 is 1.35 bits per heavy atom. The van der Waals surface area contributed by atoms with Crippen molar-refractivity contribution < 1.29 is 14.7 Å². The third-order valence-electron chi connectivity index (χ3n) is 3.95. The average molecular weight is 310 g/mol. The predicted molar refractivity (Wildman–Crippen MR) is 91.4 cm³/mol. The number of benzene rings is 1. The number of hydrogen-bond donors (Lipinski definition) is 1. The number of ketones is 2. The summed E-state index contributed by atoms with van der Waals surface area (Å²) in [5, 5.41) is 9.38. The van der Waals surface area contributed by atoms with Gasteiger partial charge in [0.15, 0.2) is 11.6 Å². The average Bonchev–Trinajstić information content (AvgIpc) is 2.52. The topological polar surface area (TPSA) is 54.4 Å². The van der Waals surface area contributed by atoms with E-state index in [1.807, 2.05) is 6.08 Å². The molecule has 0 radical (unpaired) electrons. The van der Waals surface area contributed by atoms with E-state index in [1.165, 1.54) is 0 Å². The number of allylic oxidation sites excluding steroid dienone is 5. The van der Waals surface area contributed by atoms with E-state index in [2.05, 4.69) is 13.5 Å². The second-order valence-electron chi connectivity index (χ2n) is 5.89. The van der Waals surface area contributed by atoms with Crippen molar-refractivity contribution in [3.05, 3.63) is 65.8 Å². The molecule has 1 saturated carbocycles. The standard InChI is InChI=1S/C20H22O3/c1-3-4-5-6-18(22)12-15-11-14(2)20(23)19(13-15)16-7-9-17(21)10-8-16/h5-10,12,19,21H,2-4,11,13H2,1H3/b6-5-,15-12+. The summed E-state index contributed by atoms with van der Waals surface area (Å²) in [6, 6.07) is 6.64. The summed E-state index contributed by atoms with van der Waals surface area (Å²) in [6.45, 7) is 5.91. The van der Waals surface area contributed by atoms with Crippen LogP contribution in [0.5, 0.6) is 5.75 Å². The second kappa shape index (κ2) is 7.73. The Labute approximate surface area is 137 Å². The molecule has 1 aliphatic carbocycles. The fourth-order valence-corrected chi connectivity index (χ4v) is 2.74. The number of carbonyl (C=O) groups excluding carboxylic acids is 2. The van der Waals surface area contributed by atoms with Crippen LogP contribution in [0.15, 0.2) is 60.2 Å². The molecule has 23 heavy (non-hydrogen) atoms. The number of phenols is 1. The molecular weight excluding hydrogens is 288 g/mol. The van der Waals surface area contributed by atoms with Crippen LogP contribution in [-0.2, 0) is 9.59 Å². The zero-order valence-electron chi connectivity index (χ0n) is 13.4. The van der Waals surface area contributed by atoms with Crippen LogP contribution in [0.4, 0.5) is 0 Å². The molecule has 0 heterocycles. The van der Waals surface area contributed by atoms with Gasteiger partial charge in [-0.3, -0.25) is 9.59 Å². The van der Waals surface area contributed by atoms with Gasteiger partial charge in [-0.15, -0.1) is 0 Å². The predicted octanol–water partition coefficient (Wildman–Crippen LogP) is 4.25. The number of Topliss-reactive ketones (excluding diaryl/α,β-unsaturated/α-hetero) is 1. The first-order valence-electron chi connectivity index (χ1n) is 7.92. The van der Waals surface area contributed by atoms with Gasteiger partial charge in [-0.05, 0) is 54.7 Å². The van der Waals surface area contributed by atoms with Gasteiger partial charge in [0.1, 0.15) is 5.75 Å². The van der Waals surface area contributed by atoms with Crippen LogP contribution in [0.1, 0.15) is 44.1 Å². The molecule has 3 heteroatoms. The second-order valence-corrected chi connectivity index (χ2v) is 5.89. The van der Waals surface area contributed by atoms with Gasteiger partial charge in [0.25, 0.3) is 0 Å². The van der Waals surface area contributed by atoms with E-state index in [0.29, 0.717) is 18.4 Å². The van der Waals surface area contributed by atoms with Crippen molar-refractivity contribution in [2.24, 2.45) is 0 Å². The van der Waals surface area contributed by atoms with E-state index in [1.54, 1.807) is 36.4 Å². The normalized spacial score (nSPS) is 20.4. The highest BCUT2D eigenvalue weighted by Gasteiger charge is 2.29. The largest absolute Gasteiger partial charge is 0.508 e. The van der Waals surface area contributed by atoms with Crippen molar-refractivity contribution in [2.75, 3.05) is 0 Å². The molecule has 3 nitrogen and oxygen atoms in total.